The highest BCUT2D eigenvalue weighted by molar-refractivity contribution is 7.89. The molecule has 150 valence electrons. The van der Waals surface area contributed by atoms with Crippen LogP contribution < -0.4 is 9.46 Å². The molecule has 8 nitrogen and oxygen atoms in total. The van der Waals surface area contributed by atoms with Crippen LogP contribution in [0.15, 0.2) is 59.5 Å². The zero-order valence-corrected chi connectivity index (χ0v) is 16.2. The fraction of sp³-hybridized carbons (Fsp3) is 0.368. The van der Waals surface area contributed by atoms with Crippen LogP contribution in [0, 0.1) is 10.1 Å². The number of sulfonamides is 1. The summed E-state index contributed by atoms with van der Waals surface area (Å²) in [5.41, 5.74) is -2.12. The lowest BCUT2D eigenvalue weighted by Gasteiger charge is -2.36. The Morgan fingerprint density at radius 3 is 2.43 bits per heavy atom. The van der Waals surface area contributed by atoms with E-state index in [-0.39, 0.29) is 16.2 Å². The molecular formula is C19H22N2O6S. The Kier molecular flexibility index (Phi) is 5.97. The summed E-state index contributed by atoms with van der Waals surface area (Å²) in [4.78, 5) is 11.8. The van der Waals surface area contributed by atoms with Gasteiger partial charge in [-0.2, -0.15) is 0 Å². The van der Waals surface area contributed by atoms with Gasteiger partial charge in [0.15, 0.2) is 0 Å². The van der Waals surface area contributed by atoms with Crippen molar-refractivity contribution in [1.29, 1.82) is 0 Å². The largest absolute Gasteiger partial charge is 0.496 e. The molecule has 0 aromatic heterocycles. The van der Waals surface area contributed by atoms with Gasteiger partial charge in [0.2, 0.25) is 10.0 Å². The predicted molar refractivity (Wildman–Crippen MR) is 102 cm³/mol. The van der Waals surface area contributed by atoms with E-state index in [0.29, 0.717) is 19.4 Å². The summed E-state index contributed by atoms with van der Waals surface area (Å²) >= 11 is 0. The quantitative estimate of drug-likeness (QED) is 0.430. The summed E-state index contributed by atoms with van der Waals surface area (Å²) in [5.74, 6) is 0.212. The third kappa shape index (κ3) is 3.73. The maximum absolute atomic E-state index is 13.1. The molecule has 1 N–H and O–H groups in total. The Labute approximate surface area is 163 Å². The van der Waals surface area contributed by atoms with Gasteiger partial charge in [-0.15, -0.1) is 4.72 Å². The monoisotopic (exact) mass is 406 g/mol. The van der Waals surface area contributed by atoms with Gasteiger partial charge in [0, 0.05) is 6.61 Å². The highest BCUT2D eigenvalue weighted by atomic mass is 32.2. The van der Waals surface area contributed by atoms with E-state index in [9.17, 15) is 18.5 Å². The van der Waals surface area contributed by atoms with Gasteiger partial charge >= 0.3 is 5.66 Å². The molecule has 2 aromatic carbocycles. The van der Waals surface area contributed by atoms with Crippen molar-refractivity contribution in [3.8, 4) is 5.75 Å². The number of para-hydroxylation sites is 1. The average molecular weight is 406 g/mol. The van der Waals surface area contributed by atoms with Crippen LogP contribution in [-0.4, -0.2) is 33.2 Å². The molecular weight excluding hydrogens is 384 g/mol. The second-order valence-corrected chi connectivity index (χ2v) is 8.18. The number of hydrogen-bond donors (Lipinski definition) is 1. The molecule has 28 heavy (non-hydrogen) atoms. The third-order valence-electron chi connectivity index (χ3n) is 4.79. The molecule has 0 amide bonds. The van der Waals surface area contributed by atoms with Gasteiger partial charge in [-0.25, -0.2) is 8.42 Å². The number of hydrogen-bond acceptors (Lipinski definition) is 6. The minimum absolute atomic E-state index is 0.0630. The Morgan fingerprint density at radius 1 is 1.14 bits per heavy atom. The van der Waals surface area contributed by atoms with Gasteiger partial charge in [-0.3, -0.25) is 10.1 Å². The first-order valence-electron chi connectivity index (χ1n) is 8.90. The van der Waals surface area contributed by atoms with Crippen molar-refractivity contribution in [1.82, 2.24) is 4.72 Å². The number of nitrogens with one attached hydrogen (secondary N) is 1. The van der Waals surface area contributed by atoms with Crippen molar-refractivity contribution in [2.24, 2.45) is 0 Å². The molecule has 2 atom stereocenters. The van der Waals surface area contributed by atoms with Crippen LogP contribution >= 0.6 is 0 Å². The van der Waals surface area contributed by atoms with E-state index in [1.165, 1.54) is 25.3 Å². The zero-order valence-electron chi connectivity index (χ0n) is 15.4. The maximum Gasteiger partial charge on any atom is 0.342 e. The Bertz CT molecular complexity index is 928. The molecule has 1 saturated heterocycles. The van der Waals surface area contributed by atoms with Crippen LogP contribution in [0.4, 0.5) is 0 Å². The number of nitrogens with zero attached hydrogens (tertiary/aromatic N) is 1. The van der Waals surface area contributed by atoms with Crippen LogP contribution in [0.2, 0.25) is 0 Å². The molecule has 0 saturated carbocycles. The molecule has 1 aliphatic rings. The molecule has 1 fully saturated rings. The summed E-state index contributed by atoms with van der Waals surface area (Å²) in [6, 6.07) is 13.9. The third-order valence-corrected chi connectivity index (χ3v) is 6.27. The maximum atomic E-state index is 13.1. The minimum Gasteiger partial charge on any atom is -0.496 e. The van der Waals surface area contributed by atoms with Gasteiger partial charge in [-0.1, -0.05) is 30.3 Å². The minimum atomic E-state index is -4.21. The Hall–Kier alpha value is -2.49. The molecule has 0 spiro atoms. The Balaban J connectivity index is 2.19. The van der Waals surface area contributed by atoms with Crippen molar-refractivity contribution < 1.29 is 22.8 Å². The lowest BCUT2D eigenvalue weighted by atomic mass is 9.89. The zero-order chi connectivity index (χ0) is 20.2. The topological polar surface area (TPSA) is 108 Å². The number of methoxy groups -OCH3 is 1. The summed E-state index contributed by atoms with van der Waals surface area (Å²) < 4.78 is 39.5. The molecule has 0 bridgehead atoms. The first kappa shape index (κ1) is 20.2. The molecule has 1 heterocycles. The van der Waals surface area contributed by atoms with E-state index in [2.05, 4.69) is 4.72 Å². The second kappa shape index (κ2) is 8.26. The molecule has 3 rings (SSSR count). The van der Waals surface area contributed by atoms with Crippen LogP contribution in [0.25, 0.3) is 0 Å². The van der Waals surface area contributed by atoms with E-state index >= 15 is 0 Å². The number of benzene rings is 2. The highest BCUT2D eigenvalue weighted by Crippen LogP contribution is 2.39. The SMILES string of the molecule is COc1ccccc1[C@@](NS(=O)(=O)c1ccccc1)([C@H]1CCCCO1)[N+](=O)[O-]. The van der Waals surface area contributed by atoms with E-state index in [4.69, 9.17) is 9.47 Å². The lowest BCUT2D eigenvalue weighted by Crippen LogP contribution is -2.60. The first-order chi connectivity index (χ1) is 13.4. The first-order valence-corrected chi connectivity index (χ1v) is 10.4. The summed E-state index contributed by atoms with van der Waals surface area (Å²) in [7, 11) is -2.83. The van der Waals surface area contributed by atoms with E-state index < -0.39 is 26.7 Å². The van der Waals surface area contributed by atoms with Crippen LogP contribution in [0.1, 0.15) is 24.8 Å². The Morgan fingerprint density at radius 2 is 1.82 bits per heavy atom. The van der Waals surface area contributed by atoms with Crippen LogP contribution in [0.5, 0.6) is 5.75 Å². The fourth-order valence-electron chi connectivity index (χ4n) is 3.44. The molecule has 0 aliphatic carbocycles. The van der Waals surface area contributed by atoms with Crippen molar-refractivity contribution in [3.05, 3.63) is 70.3 Å². The van der Waals surface area contributed by atoms with E-state index in [0.717, 1.165) is 6.42 Å². The second-order valence-electron chi connectivity index (χ2n) is 6.50. The lowest BCUT2D eigenvalue weighted by molar-refractivity contribution is -0.599. The molecule has 0 unspecified atom stereocenters. The van der Waals surface area contributed by atoms with Crippen molar-refractivity contribution >= 4 is 10.0 Å². The number of nitro groups is 1. The predicted octanol–water partition coefficient (Wildman–Crippen LogP) is 2.67. The van der Waals surface area contributed by atoms with Gasteiger partial charge in [0.05, 0.1) is 22.5 Å². The normalized spacial score (nSPS) is 19.5. The van der Waals surface area contributed by atoms with Crippen molar-refractivity contribution in [2.75, 3.05) is 13.7 Å². The van der Waals surface area contributed by atoms with E-state index in [1.54, 1.807) is 36.4 Å². The number of ether oxygens (including phenoxy) is 2. The molecule has 2 aromatic rings. The van der Waals surface area contributed by atoms with Crippen LogP contribution in [-0.2, 0) is 20.4 Å². The van der Waals surface area contributed by atoms with Gasteiger partial charge < -0.3 is 9.47 Å². The van der Waals surface area contributed by atoms with E-state index in [1.807, 2.05) is 0 Å². The van der Waals surface area contributed by atoms with Gasteiger partial charge in [0.25, 0.3) is 0 Å². The fourth-order valence-corrected chi connectivity index (χ4v) is 4.80. The van der Waals surface area contributed by atoms with Crippen molar-refractivity contribution in [2.45, 2.75) is 35.9 Å². The van der Waals surface area contributed by atoms with Gasteiger partial charge in [-0.05, 0) is 43.5 Å². The standard InChI is InChI=1S/C19H22N2O6S/c1-26-17-12-6-5-11-16(17)19(21(22)23,18-13-7-8-14-27-18)20-28(24,25)15-9-3-2-4-10-15/h2-6,9-12,18,20H,7-8,13-14H2,1H3/t18-,19+/m1/s1. The molecule has 9 heteroatoms. The molecule has 0 radical (unpaired) electrons. The van der Waals surface area contributed by atoms with Gasteiger partial charge in [0.1, 0.15) is 11.9 Å². The van der Waals surface area contributed by atoms with Crippen molar-refractivity contribution in [3.63, 3.8) is 0 Å². The molecule has 1 aliphatic heterocycles. The highest BCUT2D eigenvalue weighted by Gasteiger charge is 2.58. The number of rotatable bonds is 7. The summed E-state index contributed by atoms with van der Waals surface area (Å²) in [5, 5.41) is 12.4. The van der Waals surface area contributed by atoms with Crippen LogP contribution in [0.3, 0.4) is 0 Å². The smallest absolute Gasteiger partial charge is 0.342 e. The average Bonchev–Trinajstić information content (AvgIpc) is 2.73. The summed E-state index contributed by atoms with van der Waals surface area (Å²) in [6.45, 7) is 0.322. The summed E-state index contributed by atoms with van der Waals surface area (Å²) in [6.07, 6.45) is 0.825.